The molecule has 108 valence electrons. The fourth-order valence-corrected chi connectivity index (χ4v) is 2.02. The Morgan fingerprint density at radius 2 is 2.35 bits per heavy atom. The van der Waals surface area contributed by atoms with Crippen LogP contribution in [0, 0.1) is 5.92 Å². The van der Waals surface area contributed by atoms with Crippen molar-refractivity contribution in [2.75, 3.05) is 37.1 Å². The lowest BCUT2D eigenvalue weighted by Gasteiger charge is -2.19. The summed E-state index contributed by atoms with van der Waals surface area (Å²) in [6, 6.07) is 0. The summed E-state index contributed by atoms with van der Waals surface area (Å²) in [6.07, 6.45) is 4.33. The van der Waals surface area contributed by atoms with E-state index in [-0.39, 0.29) is 0 Å². The third-order valence-electron chi connectivity index (χ3n) is 3.40. The molecular formula is C12H19N7O. The summed E-state index contributed by atoms with van der Waals surface area (Å²) < 4.78 is 5.65. The number of aromatic amines is 1. The lowest BCUT2D eigenvalue weighted by Crippen LogP contribution is -2.25. The van der Waals surface area contributed by atoms with Gasteiger partial charge in [0, 0.05) is 20.2 Å². The minimum Gasteiger partial charge on any atom is -0.379 e. The van der Waals surface area contributed by atoms with Gasteiger partial charge in [-0.3, -0.25) is 10.5 Å². The van der Waals surface area contributed by atoms with Crippen molar-refractivity contribution >= 4 is 22.8 Å². The molecule has 2 aromatic rings. The number of hydrogen-bond donors (Lipinski definition) is 3. The summed E-state index contributed by atoms with van der Waals surface area (Å²) in [5, 5.41) is 7.69. The topological polar surface area (TPSA) is 105 Å². The van der Waals surface area contributed by atoms with Gasteiger partial charge >= 0.3 is 0 Å². The standard InChI is InChI=1S/C12H19N7O/c1-19(4-5-20-7-8-2-3-8)11-9-6-14-18-10(9)15-12(16-11)17-13/h6,8H,2-5,7,13H2,1H3,(H2,14,15,16,17,18). The summed E-state index contributed by atoms with van der Waals surface area (Å²) in [4.78, 5) is 10.6. The van der Waals surface area contributed by atoms with Gasteiger partial charge in [-0.15, -0.1) is 0 Å². The molecule has 0 aromatic carbocycles. The number of anilines is 2. The van der Waals surface area contributed by atoms with Crippen LogP contribution < -0.4 is 16.2 Å². The molecule has 1 aliphatic rings. The van der Waals surface area contributed by atoms with E-state index in [0.717, 1.165) is 30.3 Å². The van der Waals surface area contributed by atoms with E-state index in [1.165, 1.54) is 12.8 Å². The van der Waals surface area contributed by atoms with Crippen molar-refractivity contribution in [3.05, 3.63) is 6.20 Å². The molecular weight excluding hydrogens is 258 g/mol. The third kappa shape index (κ3) is 2.81. The fraction of sp³-hybridized carbons (Fsp3) is 0.583. The molecule has 2 aromatic heterocycles. The fourth-order valence-electron chi connectivity index (χ4n) is 2.02. The van der Waals surface area contributed by atoms with Crippen molar-refractivity contribution in [1.82, 2.24) is 20.2 Å². The molecule has 0 atom stereocenters. The molecule has 8 nitrogen and oxygen atoms in total. The summed E-state index contributed by atoms with van der Waals surface area (Å²) >= 11 is 0. The first-order chi connectivity index (χ1) is 9.78. The van der Waals surface area contributed by atoms with E-state index >= 15 is 0 Å². The second-order valence-corrected chi connectivity index (χ2v) is 5.09. The normalized spacial score (nSPS) is 14.7. The van der Waals surface area contributed by atoms with Crippen LogP contribution in [0.3, 0.4) is 0 Å². The van der Waals surface area contributed by atoms with Crippen LogP contribution in [0.15, 0.2) is 6.20 Å². The van der Waals surface area contributed by atoms with Crippen molar-refractivity contribution in [1.29, 1.82) is 0 Å². The zero-order valence-electron chi connectivity index (χ0n) is 11.5. The maximum absolute atomic E-state index is 5.65. The van der Waals surface area contributed by atoms with Gasteiger partial charge in [-0.2, -0.15) is 15.1 Å². The number of rotatable bonds is 7. The van der Waals surface area contributed by atoms with E-state index < -0.39 is 0 Å². The zero-order chi connectivity index (χ0) is 13.9. The van der Waals surface area contributed by atoms with Crippen LogP contribution in [0.4, 0.5) is 11.8 Å². The largest absolute Gasteiger partial charge is 0.379 e. The van der Waals surface area contributed by atoms with Crippen molar-refractivity contribution < 1.29 is 4.74 Å². The SMILES string of the molecule is CN(CCOCC1CC1)c1nc(NN)nc2[nH]ncc12. The Kier molecular flexibility index (Phi) is 3.66. The van der Waals surface area contributed by atoms with Crippen LogP contribution in [0.25, 0.3) is 11.0 Å². The average Bonchev–Trinajstić information content (AvgIpc) is 3.17. The van der Waals surface area contributed by atoms with Crippen LogP contribution in [0.2, 0.25) is 0 Å². The van der Waals surface area contributed by atoms with E-state index in [9.17, 15) is 0 Å². The Hall–Kier alpha value is -1.93. The molecule has 3 rings (SSSR count). The minimum absolute atomic E-state index is 0.363. The van der Waals surface area contributed by atoms with Gasteiger partial charge in [0.2, 0.25) is 5.95 Å². The molecule has 4 N–H and O–H groups in total. The summed E-state index contributed by atoms with van der Waals surface area (Å²) in [6.45, 7) is 2.31. The first-order valence-corrected chi connectivity index (χ1v) is 6.74. The molecule has 2 heterocycles. The predicted molar refractivity (Wildman–Crippen MR) is 76.3 cm³/mol. The highest BCUT2D eigenvalue weighted by Crippen LogP contribution is 2.28. The van der Waals surface area contributed by atoms with Crippen molar-refractivity contribution in [3.8, 4) is 0 Å². The van der Waals surface area contributed by atoms with E-state index in [1.807, 2.05) is 11.9 Å². The molecule has 8 heteroatoms. The number of nitrogens with zero attached hydrogens (tertiary/aromatic N) is 4. The van der Waals surface area contributed by atoms with Crippen LogP contribution in [-0.2, 0) is 4.74 Å². The molecule has 0 saturated heterocycles. The lowest BCUT2D eigenvalue weighted by atomic mass is 10.3. The molecule has 0 bridgehead atoms. The maximum atomic E-state index is 5.65. The predicted octanol–water partition coefficient (Wildman–Crippen LogP) is 0.501. The van der Waals surface area contributed by atoms with Gasteiger partial charge in [0.1, 0.15) is 5.82 Å². The highest BCUT2D eigenvalue weighted by Gasteiger charge is 2.21. The molecule has 1 saturated carbocycles. The number of nitrogen functional groups attached to an aromatic ring is 1. The molecule has 0 spiro atoms. The number of H-pyrrole nitrogens is 1. The van der Waals surface area contributed by atoms with Crippen LogP contribution in [0.1, 0.15) is 12.8 Å². The van der Waals surface area contributed by atoms with Gasteiger partial charge < -0.3 is 9.64 Å². The van der Waals surface area contributed by atoms with Crippen LogP contribution >= 0.6 is 0 Å². The Morgan fingerprint density at radius 1 is 1.50 bits per heavy atom. The smallest absolute Gasteiger partial charge is 0.241 e. The van der Waals surface area contributed by atoms with Gasteiger partial charge in [-0.05, 0) is 18.8 Å². The number of likely N-dealkylation sites (N-methyl/N-ethyl adjacent to an activating group) is 1. The highest BCUT2D eigenvalue weighted by molar-refractivity contribution is 5.87. The number of fused-ring (bicyclic) bond motifs is 1. The first-order valence-electron chi connectivity index (χ1n) is 6.74. The van der Waals surface area contributed by atoms with E-state index in [2.05, 4.69) is 25.6 Å². The highest BCUT2D eigenvalue weighted by atomic mass is 16.5. The molecule has 0 unspecified atom stereocenters. The monoisotopic (exact) mass is 277 g/mol. The van der Waals surface area contributed by atoms with Gasteiger partial charge in [-0.25, -0.2) is 5.84 Å². The van der Waals surface area contributed by atoms with E-state index in [1.54, 1.807) is 6.20 Å². The van der Waals surface area contributed by atoms with Crippen molar-refractivity contribution in [2.45, 2.75) is 12.8 Å². The molecule has 0 amide bonds. The molecule has 0 radical (unpaired) electrons. The Morgan fingerprint density at radius 3 is 3.10 bits per heavy atom. The first kappa shape index (κ1) is 13.1. The van der Waals surface area contributed by atoms with Crippen molar-refractivity contribution in [3.63, 3.8) is 0 Å². The summed E-state index contributed by atoms with van der Waals surface area (Å²) in [5.41, 5.74) is 3.13. The number of nitrogens with two attached hydrogens (primary N) is 1. The van der Waals surface area contributed by atoms with E-state index in [0.29, 0.717) is 18.2 Å². The lowest BCUT2D eigenvalue weighted by molar-refractivity contribution is 0.131. The second kappa shape index (κ2) is 5.59. The summed E-state index contributed by atoms with van der Waals surface area (Å²) in [5.74, 6) is 7.32. The molecule has 20 heavy (non-hydrogen) atoms. The minimum atomic E-state index is 0.363. The number of aromatic nitrogens is 4. The number of ether oxygens (including phenoxy) is 1. The van der Waals surface area contributed by atoms with Crippen molar-refractivity contribution in [2.24, 2.45) is 11.8 Å². The Balaban J connectivity index is 1.68. The quantitative estimate of drug-likeness (QED) is 0.384. The Labute approximate surface area is 116 Å². The summed E-state index contributed by atoms with van der Waals surface area (Å²) in [7, 11) is 1.97. The van der Waals surface area contributed by atoms with Gasteiger partial charge in [-0.1, -0.05) is 0 Å². The van der Waals surface area contributed by atoms with Gasteiger partial charge in [0.25, 0.3) is 0 Å². The zero-order valence-corrected chi connectivity index (χ0v) is 11.5. The molecule has 1 aliphatic carbocycles. The molecule has 0 aliphatic heterocycles. The Bertz CT molecular complexity index is 580. The maximum Gasteiger partial charge on any atom is 0.241 e. The average molecular weight is 277 g/mol. The second-order valence-electron chi connectivity index (χ2n) is 5.09. The van der Waals surface area contributed by atoms with Gasteiger partial charge in [0.05, 0.1) is 18.2 Å². The number of hydrogen-bond acceptors (Lipinski definition) is 7. The third-order valence-corrected chi connectivity index (χ3v) is 3.40. The van der Waals surface area contributed by atoms with Gasteiger partial charge in [0.15, 0.2) is 5.65 Å². The number of nitrogens with one attached hydrogen (secondary N) is 2. The van der Waals surface area contributed by atoms with E-state index in [4.69, 9.17) is 10.6 Å². The van der Waals surface area contributed by atoms with Crippen LogP contribution in [-0.4, -0.2) is 47.0 Å². The van der Waals surface area contributed by atoms with Crippen LogP contribution in [0.5, 0.6) is 0 Å². The number of hydrazine groups is 1. The molecule has 1 fully saturated rings.